The molecule has 16 heavy (non-hydrogen) atoms. The number of nitrogens with one attached hydrogen (secondary N) is 1. The number of halogens is 1. The highest BCUT2D eigenvalue weighted by atomic mass is 35.5. The van der Waals surface area contributed by atoms with Crippen molar-refractivity contribution in [1.82, 2.24) is 19.9 Å². The van der Waals surface area contributed by atoms with Crippen LogP contribution in [0.25, 0.3) is 11.2 Å². The van der Waals surface area contributed by atoms with Gasteiger partial charge >= 0.3 is 0 Å². The van der Waals surface area contributed by atoms with E-state index in [0.29, 0.717) is 29.9 Å². The Morgan fingerprint density at radius 3 is 2.88 bits per heavy atom. The van der Waals surface area contributed by atoms with E-state index in [4.69, 9.17) is 16.7 Å². The molecule has 0 amide bonds. The minimum atomic E-state index is 0.120. The molecule has 0 aliphatic rings. The van der Waals surface area contributed by atoms with Crippen LogP contribution >= 0.6 is 11.6 Å². The first-order valence-corrected chi connectivity index (χ1v) is 5.18. The van der Waals surface area contributed by atoms with E-state index in [0.717, 1.165) is 0 Å². The van der Waals surface area contributed by atoms with Gasteiger partial charge in [0, 0.05) is 25.5 Å². The molecule has 0 radical (unpaired) electrons. The SMILES string of the molecule is OCCCNc1nc(Cl)nc2nccnc12. The zero-order valence-electron chi connectivity index (χ0n) is 8.39. The Hall–Kier alpha value is -1.53. The van der Waals surface area contributed by atoms with Crippen LogP contribution in [0.4, 0.5) is 5.82 Å². The topological polar surface area (TPSA) is 83.8 Å². The molecule has 0 unspecified atom stereocenters. The smallest absolute Gasteiger partial charge is 0.226 e. The summed E-state index contributed by atoms with van der Waals surface area (Å²) < 4.78 is 0. The van der Waals surface area contributed by atoms with Gasteiger partial charge in [0.1, 0.15) is 0 Å². The zero-order chi connectivity index (χ0) is 11.4. The Balaban J connectivity index is 2.34. The summed E-state index contributed by atoms with van der Waals surface area (Å²) in [7, 11) is 0. The third-order valence-corrected chi connectivity index (χ3v) is 2.10. The van der Waals surface area contributed by atoms with Crippen molar-refractivity contribution in [2.75, 3.05) is 18.5 Å². The van der Waals surface area contributed by atoms with E-state index in [1.54, 1.807) is 12.4 Å². The summed E-state index contributed by atoms with van der Waals surface area (Å²) in [4.78, 5) is 16.2. The van der Waals surface area contributed by atoms with Crippen molar-refractivity contribution in [3.05, 3.63) is 17.7 Å². The Morgan fingerprint density at radius 1 is 1.25 bits per heavy atom. The van der Waals surface area contributed by atoms with Crippen molar-refractivity contribution in [2.24, 2.45) is 0 Å². The molecule has 0 atom stereocenters. The van der Waals surface area contributed by atoms with Gasteiger partial charge in [-0.2, -0.15) is 9.97 Å². The van der Waals surface area contributed by atoms with Gasteiger partial charge in [0.25, 0.3) is 0 Å². The minimum Gasteiger partial charge on any atom is -0.396 e. The molecule has 0 spiro atoms. The van der Waals surface area contributed by atoms with Gasteiger partial charge in [-0.25, -0.2) is 9.97 Å². The monoisotopic (exact) mass is 239 g/mol. The lowest BCUT2D eigenvalue weighted by atomic mass is 10.4. The number of aliphatic hydroxyl groups excluding tert-OH is 1. The summed E-state index contributed by atoms with van der Waals surface area (Å²) in [5.41, 5.74) is 1.03. The average molecular weight is 240 g/mol. The van der Waals surface area contributed by atoms with Gasteiger partial charge < -0.3 is 10.4 Å². The van der Waals surface area contributed by atoms with Gasteiger partial charge in [0.2, 0.25) is 5.28 Å². The molecule has 7 heteroatoms. The fraction of sp³-hybridized carbons (Fsp3) is 0.333. The van der Waals surface area contributed by atoms with Gasteiger partial charge in [0.15, 0.2) is 17.0 Å². The molecule has 6 nitrogen and oxygen atoms in total. The number of anilines is 1. The number of nitrogens with zero attached hydrogens (tertiary/aromatic N) is 4. The highest BCUT2D eigenvalue weighted by molar-refractivity contribution is 6.28. The number of aliphatic hydroxyl groups is 1. The molecule has 0 saturated heterocycles. The second kappa shape index (κ2) is 5.00. The third kappa shape index (κ3) is 2.34. The average Bonchev–Trinajstić information content (AvgIpc) is 2.29. The highest BCUT2D eigenvalue weighted by Gasteiger charge is 2.07. The molecule has 2 aromatic rings. The lowest BCUT2D eigenvalue weighted by Gasteiger charge is -2.06. The van der Waals surface area contributed by atoms with E-state index >= 15 is 0 Å². The molecule has 0 bridgehead atoms. The quantitative estimate of drug-likeness (QED) is 0.608. The molecule has 84 valence electrons. The Morgan fingerprint density at radius 2 is 2.06 bits per heavy atom. The van der Waals surface area contributed by atoms with Gasteiger partial charge in [-0.3, -0.25) is 0 Å². The molecule has 0 fully saturated rings. The summed E-state index contributed by atoms with van der Waals surface area (Å²) in [5, 5.41) is 11.8. The lowest BCUT2D eigenvalue weighted by molar-refractivity contribution is 0.292. The summed E-state index contributed by atoms with van der Waals surface area (Å²) in [6.07, 6.45) is 3.74. The predicted molar refractivity (Wildman–Crippen MR) is 60.3 cm³/mol. The molecule has 0 aliphatic heterocycles. The first kappa shape index (κ1) is 11.0. The van der Waals surface area contributed by atoms with E-state index in [2.05, 4.69) is 25.3 Å². The van der Waals surface area contributed by atoms with Gasteiger partial charge in [-0.15, -0.1) is 0 Å². The molecular formula is C9H10ClN5O. The normalized spacial score (nSPS) is 10.6. The molecule has 2 aromatic heterocycles. The van der Waals surface area contributed by atoms with Crippen LogP contribution in [-0.4, -0.2) is 38.2 Å². The predicted octanol–water partition coefficient (Wildman–Crippen LogP) is 0.867. The van der Waals surface area contributed by atoms with Crippen LogP contribution in [0, 0.1) is 0 Å². The summed E-state index contributed by atoms with van der Waals surface area (Å²) in [5.74, 6) is 0.538. The minimum absolute atomic E-state index is 0.120. The van der Waals surface area contributed by atoms with Crippen LogP contribution in [0.2, 0.25) is 5.28 Å². The Labute approximate surface area is 96.7 Å². The van der Waals surface area contributed by atoms with E-state index in [9.17, 15) is 0 Å². The van der Waals surface area contributed by atoms with E-state index in [-0.39, 0.29) is 11.9 Å². The van der Waals surface area contributed by atoms with Crippen molar-refractivity contribution < 1.29 is 5.11 Å². The molecule has 0 saturated carbocycles. The van der Waals surface area contributed by atoms with Crippen LogP contribution in [0.1, 0.15) is 6.42 Å². The van der Waals surface area contributed by atoms with Crippen molar-refractivity contribution in [2.45, 2.75) is 6.42 Å². The molecule has 2 heterocycles. The van der Waals surface area contributed by atoms with Crippen LogP contribution in [0.3, 0.4) is 0 Å². The van der Waals surface area contributed by atoms with Crippen molar-refractivity contribution in [3.63, 3.8) is 0 Å². The molecule has 2 rings (SSSR count). The largest absolute Gasteiger partial charge is 0.396 e. The van der Waals surface area contributed by atoms with Gasteiger partial charge in [0.05, 0.1) is 0 Å². The fourth-order valence-corrected chi connectivity index (χ4v) is 1.41. The summed E-state index contributed by atoms with van der Waals surface area (Å²) >= 11 is 5.76. The number of fused-ring (bicyclic) bond motifs is 1. The second-order valence-electron chi connectivity index (χ2n) is 3.07. The Bertz CT molecular complexity index is 492. The van der Waals surface area contributed by atoms with Gasteiger partial charge in [-0.05, 0) is 18.0 Å². The highest BCUT2D eigenvalue weighted by Crippen LogP contribution is 2.17. The van der Waals surface area contributed by atoms with Crippen LogP contribution in [0.15, 0.2) is 12.4 Å². The number of rotatable bonds is 4. The number of hydrogen-bond acceptors (Lipinski definition) is 6. The third-order valence-electron chi connectivity index (χ3n) is 1.93. The first-order chi connectivity index (χ1) is 7.81. The number of hydrogen-bond donors (Lipinski definition) is 2. The summed E-state index contributed by atoms with van der Waals surface area (Å²) in [6.45, 7) is 0.713. The van der Waals surface area contributed by atoms with E-state index in [1.807, 2.05) is 0 Å². The van der Waals surface area contributed by atoms with Crippen LogP contribution in [-0.2, 0) is 0 Å². The van der Waals surface area contributed by atoms with Crippen molar-refractivity contribution in [1.29, 1.82) is 0 Å². The number of aromatic nitrogens is 4. The maximum Gasteiger partial charge on any atom is 0.226 e. The molecule has 0 aliphatic carbocycles. The van der Waals surface area contributed by atoms with E-state index < -0.39 is 0 Å². The fourth-order valence-electron chi connectivity index (χ4n) is 1.25. The first-order valence-electron chi connectivity index (χ1n) is 4.80. The molecule has 2 N–H and O–H groups in total. The zero-order valence-corrected chi connectivity index (χ0v) is 9.15. The van der Waals surface area contributed by atoms with Crippen LogP contribution < -0.4 is 5.32 Å². The molecule has 0 aromatic carbocycles. The van der Waals surface area contributed by atoms with Crippen LogP contribution in [0.5, 0.6) is 0 Å². The second-order valence-corrected chi connectivity index (χ2v) is 3.41. The lowest BCUT2D eigenvalue weighted by Crippen LogP contribution is -2.07. The van der Waals surface area contributed by atoms with Crippen molar-refractivity contribution >= 4 is 28.6 Å². The van der Waals surface area contributed by atoms with E-state index in [1.165, 1.54) is 0 Å². The maximum atomic E-state index is 8.69. The molecular weight excluding hydrogens is 230 g/mol. The maximum absolute atomic E-state index is 8.69. The van der Waals surface area contributed by atoms with Crippen molar-refractivity contribution in [3.8, 4) is 0 Å². The summed E-state index contributed by atoms with van der Waals surface area (Å²) in [6, 6.07) is 0. The Kier molecular flexibility index (Phi) is 3.43. The van der Waals surface area contributed by atoms with Gasteiger partial charge in [-0.1, -0.05) is 0 Å². The standard InChI is InChI=1S/C9H10ClN5O/c10-9-14-7(12-2-1-5-16)6-8(15-9)13-4-3-11-6/h3-4,16H,1-2,5H2,(H,12,13,14,15).